The number of imidazole rings is 2. The Balaban J connectivity index is 0.00000111. The Morgan fingerprint density at radius 3 is 2.14 bits per heavy atom. The molecule has 0 saturated heterocycles. The van der Waals surface area contributed by atoms with Crippen LogP contribution in [0.5, 0.6) is 5.75 Å². The Labute approximate surface area is 386 Å². The molecule has 66 heavy (non-hydrogen) atoms. The van der Waals surface area contributed by atoms with E-state index in [0.29, 0.717) is 43.3 Å². The quantitative estimate of drug-likeness (QED) is 0.0771. The Morgan fingerprint density at radius 2 is 1.47 bits per heavy atom. The monoisotopic (exact) mass is 902 g/mol. The Kier molecular flexibility index (Phi) is 20.0. The van der Waals surface area contributed by atoms with E-state index in [0.717, 1.165) is 61.9 Å². The maximum Gasteiger partial charge on any atom is 0.407 e. The number of methoxy groups -OCH3 is 3. The van der Waals surface area contributed by atoms with Gasteiger partial charge in [0.05, 0.1) is 50.2 Å². The molecule has 350 valence electrons. The van der Waals surface area contributed by atoms with Crippen LogP contribution in [0, 0.1) is 12.8 Å². The number of hydrogen-bond donors (Lipinski definition) is 4. The molecule has 1 atom stereocenters. The zero-order valence-corrected chi connectivity index (χ0v) is 39.2. The highest BCUT2D eigenvalue weighted by atomic mass is 16.5. The maximum atomic E-state index is 13.9. The average molecular weight is 903 g/mol. The molecule has 2 aromatic heterocycles. The molecule has 0 bridgehead atoms. The first kappa shape index (κ1) is 51.3. The number of nitrogens with one attached hydrogen (secondary N) is 4. The summed E-state index contributed by atoms with van der Waals surface area (Å²) in [6.07, 6.45) is 11.1. The van der Waals surface area contributed by atoms with Crippen LogP contribution in [0.2, 0.25) is 0 Å². The molecule has 0 saturated carbocycles. The van der Waals surface area contributed by atoms with Gasteiger partial charge in [-0.25, -0.2) is 19.6 Å². The molecule has 0 fully saturated rings. The number of aromatic nitrogens is 4. The predicted octanol–water partition coefficient (Wildman–Crippen LogP) is 8.52. The van der Waals surface area contributed by atoms with E-state index >= 15 is 0 Å². The second-order valence-electron chi connectivity index (χ2n) is 15.1. The number of ether oxygens (including phenoxy) is 4. The van der Waals surface area contributed by atoms with E-state index in [1.165, 1.54) is 20.6 Å². The Hall–Kier alpha value is -7.38. The van der Waals surface area contributed by atoms with Crippen molar-refractivity contribution in [2.45, 2.75) is 72.7 Å². The number of fused-ring (bicyclic) bond motifs is 6. The minimum Gasteiger partial charge on any atom is -0.488 e. The van der Waals surface area contributed by atoms with Crippen molar-refractivity contribution in [3.63, 3.8) is 0 Å². The third-order valence-electron chi connectivity index (χ3n) is 10.1. The highest BCUT2D eigenvalue weighted by molar-refractivity contribution is 6.07. The molecule has 1 aliphatic rings. The lowest BCUT2D eigenvalue weighted by Gasteiger charge is -2.27. The van der Waals surface area contributed by atoms with Gasteiger partial charge >= 0.3 is 12.2 Å². The topological polar surface area (TPSA) is 193 Å². The number of hydrogen-bond acceptors (Lipinski definition) is 10. The molecular formula is C50H62N8O8. The van der Waals surface area contributed by atoms with Gasteiger partial charge in [-0.15, -0.1) is 12.8 Å². The van der Waals surface area contributed by atoms with Gasteiger partial charge in [-0.3, -0.25) is 9.59 Å². The van der Waals surface area contributed by atoms with Crippen LogP contribution in [0.25, 0.3) is 44.2 Å². The van der Waals surface area contributed by atoms with Crippen molar-refractivity contribution >= 4 is 45.8 Å². The normalized spacial score (nSPS) is 11.3. The van der Waals surface area contributed by atoms with E-state index < -0.39 is 18.2 Å². The maximum absolute atomic E-state index is 13.9. The van der Waals surface area contributed by atoms with Crippen LogP contribution in [-0.4, -0.2) is 102 Å². The van der Waals surface area contributed by atoms with Crippen LogP contribution in [0.3, 0.4) is 0 Å². The van der Waals surface area contributed by atoms with Gasteiger partial charge in [0.2, 0.25) is 11.8 Å². The largest absolute Gasteiger partial charge is 0.488 e. The molecular weight excluding hydrogens is 841 g/mol. The summed E-state index contributed by atoms with van der Waals surface area (Å²) in [4.78, 5) is 70.1. The molecule has 0 spiro atoms. The van der Waals surface area contributed by atoms with Crippen molar-refractivity contribution in [3.8, 4) is 41.0 Å². The van der Waals surface area contributed by atoms with Crippen LogP contribution in [0.1, 0.15) is 75.8 Å². The van der Waals surface area contributed by atoms with E-state index in [-0.39, 0.29) is 31.4 Å². The summed E-state index contributed by atoms with van der Waals surface area (Å²) in [5, 5.41) is 7.07. The summed E-state index contributed by atoms with van der Waals surface area (Å²) < 4.78 is 20.0. The lowest BCUT2D eigenvalue weighted by Crippen LogP contribution is -2.43. The minimum absolute atomic E-state index is 0.167. The summed E-state index contributed by atoms with van der Waals surface area (Å²) in [6.45, 7) is 9.89. The van der Waals surface area contributed by atoms with Crippen molar-refractivity contribution in [2.75, 3.05) is 48.1 Å². The van der Waals surface area contributed by atoms with Gasteiger partial charge in [0.15, 0.2) is 0 Å². The predicted molar refractivity (Wildman–Crippen MR) is 256 cm³/mol. The number of carbonyl (C=O) groups excluding carboxylic acids is 4. The number of rotatable bonds is 14. The van der Waals surface area contributed by atoms with Crippen LogP contribution >= 0.6 is 0 Å². The number of terminal acetylenes is 1. The van der Waals surface area contributed by atoms with Crippen LogP contribution < -0.4 is 15.4 Å². The Bertz CT molecular complexity index is 2550. The molecule has 16 heteroatoms. The van der Waals surface area contributed by atoms with Crippen LogP contribution in [-0.2, 0) is 43.5 Å². The number of alkyl carbamates (subject to hydrolysis) is 2. The first-order valence-corrected chi connectivity index (χ1v) is 21.8. The van der Waals surface area contributed by atoms with Crippen molar-refractivity contribution in [2.24, 2.45) is 0 Å². The van der Waals surface area contributed by atoms with Gasteiger partial charge < -0.3 is 49.3 Å². The second kappa shape index (κ2) is 25.8. The lowest BCUT2D eigenvalue weighted by atomic mass is 9.92. The summed E-state index contributed by atoms with van der Waals surface area (Å²) in [5.41, 5.74) is 7.06. The van der Waals surface area contributed by atoms with Gasteiger partial charge in [0.25, 0.3) is 0 Å². The van der Waals surface area contributed by atoms with Crippen molar-refractivity contribution in [3.05, 3.63) is 102 Å². The summed E-state index contributed by atoms with van der Waals surface area (Å²) in [6, 6.07) is 22.6. The Morgan fingerprint density at radius 1 is 0.803 bits per heavy atom. The second-order valence-corrected chi connectivity index (χ2v) is 15.1. The average Bonchev–Trinajstić information content (AvgIpc) is 3.99. The number of nitrogens with zero attached hydrogens (tertiary/aromatic N) is 4. The molecule has 0 radical (unpaired) electrons. The zero-order chi connectivity index (χ0) is 48.2. The SMILES string of the molecule is C#C.CCC.CCCN(Cc1nc2c(ccc3cc4c(cc32)OCc2cc(-c3cnc(CN(CCC)C(=O)[C@H](NC(=O)OC)c5ccccc5)[nH]3)ccc2-4)[nH]1)C(=O)CNC(=O)OC.COC. The van der Waals surface area contributed by atoms with E-state index in [9.17, 15) is 19.2 Å². The van der Waals surface area contributed by atoms with Gasteiger partial charge in [0.1, 0.15) is 36.6 Å². The molecule has 7 rings (SSSR count). The third-order valence-corrected chi connectivity index (χ3v) is 10.1. The smallest absolute Gasteiger partial charge is 0.407 e. The fraction of sp³-hybridized carbons (Fsp3) is 0.360. The van der Waals surface area contributed by atoms with Crippen molar-refractivity contribution < 1.29 is 38.1 Å². The molecule has 4 amide bonds. The fourth-order valence-electron chi connectivity index (χ4n) is 7.25. The summed E-state index contributed by atoms with van der Waals surface area (Å²) >= 11 is 0. The van der Waals surface area contributed by atoms with Crippen molar-refractivity contribution in [1.29, 1.82) is 0 Å². The minimum atomic E-state index is -0.916. The van der Waals surface area contributed by atoms with Gasteiger partial charge in [-0.2, -0.15) is 0 Å². The van der Waals surface area contributed by atoms with E-state index in [2.05, 4.69) is 80.0 Å². The molecule has 6 aromatic rings. The number of aromatic amines is 2. The molecule has 0 aliphatic carbocycles. The van der Waals surface area contributed by atoms with Gasteiger partial charge in [-0.05, 0) is 64.7 Å². The van der Waals surface area contributed by atoms with E-state index in [1.54, 1.807) is 42.3 Å². The molecule has 4 N–H and O–H groups in total. The highest BCUT2D eigenvalue weighted by Crippen LogP contribution is 2.42. The van der Waals surface area contributed by atoms with Crippen molar-refractivity contribution in [1.82, 2.24) is 40.4 Å². The number of amides is 4. The first-order valence-electron chi connectivity index (χ1n) is 21.8. The highest BCUT2D eigenvalue weighted by Gasteiger charge is 2.29. The molecule has 16 nitrogen and oxygen atoms in total. The number of carbonyl (C=O) groups is 4. The molecule has 3 heterocycles. The lowest BCUT2D eigenvalue weighted by molar-refractivity contribution is -0.134. The molecule has 1 aliphatic heterocycles. The van der Waals surface area contributed by atoms with E-state index in [1.807, 2.05) is 56.3 Å². The number of H-pyrrole nitrogens is 2. The summed E-state index contributed by atoms with van der Waals surface area (Å²) in [7, 11) is 5.77. The van der Waals surface area contributed by atoms with Crippen LogP contribution in [0.15, 0.2) is 79.0 Å². The first-order chi connectivity index (χ1) is 32.0. The summed E-state index contributed by atoms with van der Waals surface area (Å²) in [5.74, 6) is 1.50. The van der Waals surface area contributed by atoms with Gasteiger partial charge in [0, 0.05) is 38.3 Å². The third kappa shape index (κ3) is 13.1. The van der Waals surface area contributed by atoms with Gasteiger partial charge in [-0.1, -0.05) is 82.6 Å². The number of benzene rings is 4. The van der Waals surface area contributed by atoms with Crippen LogP contribution in [0.4, 0.5) is 9.59 Å². The zero-order valence-electron chi connectivity index (χ0n) is 39.2. The standard InChI is InChI=1S/C43H46N8O7.C3H8.C2H6O.C2H2/c1-5-16-50(38(52)22-45-42(54)56-3)24-37-46-33-15-13-27-19-32-30-14-12-28(18-29(30)25-58-35(32)20-31(27)40(33)48-37)34-21-44-36(47-34)23-51(17-6-2)41(53)39(49-43(55)57-4)26-10-8-7-9-11-26;2*1-3-2;1-2/h7-15,18-21,39H,5-6,16-17,22-25H2,1-4H3,(H,44,47)(H,45,54)(H,46,48)(H,49,55);3H2,1-2H3;1-2H3;1-2H/t39-;;;/m1.../s1. The fourth-order valence-corrected chi connectivity index (χ4v) is 7.25. The molecule has 4 aromatic carbocycles. The van der Waals surface area contributed by atoms with E-state index in [4.69, 9.17) is 14.5 Å². The molecule has 0 unspecified atom stereocenters.